The van der Waals surface area contributed by atoms with Gasteiger partial charge in [-0.2, -0.15) is 0 Å². The lowest BCUT2D eigenvalue weighted by Gasteiger charge is -2.25. The summed E-state index contributed by atoms with van der Waals surface area (Å²) in [5.74, 6) is 0.869. The summed E-state index contributed by atoms with van der Waals surface area (Å²) in [6, 6.07) is 13.1. The molecule has 126 valence electrons. The van der Waals surface area contributed by atoms with E-state index in [2.05, 4.69) is 51.6 Å². The van der Waals surface area contributed by atoms with E-state index in [9.17, 15) is 4.79 Å². The second kappa shape index (κ2) is 7.19. The molecule has 1 aromatic carbocycles. The average Bonchev–Trinajstić information content (AvgIpc) is 3.36. The molecule has 3 nitrogen and oxygen atoms in total. The zero-order valence-electron chi connectivity index (χ0n) is 13.7. The van der Waals surface area contributed by atoms with Crippen molar-refractivity contribution in [2.24, 2.45) is 0 Å². The first kappa shape index (κ1) is 16.0. The fourth-order valence-electron chi connectivity index (χ4n) is 3.48. The van der Waals surface area contributed by atoms with Crippen molar-refractivity contribution < 1.29 is 4.79 Å². The Bertz CT molecular complexity index is 678. The Labute approximate surface area is 151 Å². The monoisotopic (exact) mass is 358 g/mol. The standard InChI is InChI=1S/C19H22N2OS2/c22-18-14-24-19(21(18)12-9-17-4-3-13-23-17)15-5-7-16(8-6-15)20-10-1-2-11-20/h3-8,13,19H,1-2,9-12,14H2. The SMILES string of the molecule is O=C1CSC(c2ccc(N3CCCC3)cc2)N1CCc1cccs1. The maximum absolute atomic E-state index is 12.3. The first-order chi connectivity index (χ1) is 11.8. The Kier molecular flexibility index (Phi) is 4.81. The largest absolute Gasteiger partial charge is 0.372 e. The molecule has 0 bridgehead atoms. The summed E-state index contributed by atoms with van der Waals surface area (Å²) in [4.78, 5) is 18.1. The zero-order chi connectivity index (χ0) is 16.4. The number of thioether (sulfide) groups is 1. The lowest BCUT2D eigenvalue weighted by atomic mass is 10.1. The molecule has 5 heteroatoms. The highest BCUT2D eigenvalue weighted by molar-refractivity contribution is 8.00. The maximum Gasteiger partial charge on any atom is 0.233 e. The van der Waals surface area contributed by atoms with Crippen molar-refractivity contribution in [2.45, 2.75) is 24.6 Å². The van der Waals surface area contributed by atoms with E-state index in [-0.39, 0.29) is 11.3 Å². The smallest absolute Gasteiger partial charge is 0.233 e. The van der Waals surface area contributed by atoms with Gasteiger partial charge in [0.1, 0.15) is 5.37 Å². The van der Waals surface area contributed by atoms with E-state index in [0.717, 1.165) is 13.0 Å². The minimum absolute atomic E-state index is 0.171. The second-order valence-corrected chi connectivity index (χ2v) is 8.47. The highest BCUT2D eigenvalue weighted by Gasteiger charge is 2.32. The number of carbonyl (C=O) groups excluding carboxylic acids is 1. The molecule has 1 aromatic heterocycles. The van der Waals surface area contributed by atoms with Crippen LogP contribution in [0.25, 0.3) is 0 Å². The molecule has 2 aliphatic rings. The summed E-state index contributed by atoms with van der Waals surface area (Å²) < 4.78 is 0. The van der Waals surface area contributed by atoms with Crippen molar-refractivity contribution in [3.63, 3.8) is 0 Å². The fraction of sp³-hybridized carbons (Fsp3) is 0.421. The quantitative estimate of drug-likeness (QED) is 0.802. The normalized spacial score (nSPS) is 21.0. The van der Waals surface area contributed by atoms with Gasteiger partial charge in [-0.1, -0.05) is 18.2 Å². The molecule has 2 aliphatic heterocycles. The molecule has 0 radical (unpaired) electrons. The summed E-state index contributed by atoms with van der Waals surface area (Å²) in [6.45, 7) is 3.15. The number of thiophene rings is 1. The van der Waals surface area contributed by atoms with Crippen molar-refractivity contribution in [1.29, 1.82) is 0 Å². The summed E-state index contributed by atoms with van der Waals surface area (Å²) >= 11 is 3.52. The summed E-state index contributed by atoms with van der Waals surface area (Å²) in [6.07, 6.45) is 3.54. The summed E-state index contributed by atoms with van der Waals surface area (Å²) in [7, 11) is 0. The van der Waals surface area contributed by atoms with Crippen molar-refractivity contribution in [2.75, 3.05) is 30.3 Å². The topological polar surface area (TPSA) is 23.6 Å². The van der Waals surface area contributed by atoms with Crippen molar-refractivity contribution in [3.8, 4) is 0 Å². The molecular formula is C19H22N2OS2. The molecule has 2 aromatic rings. The van der Waals surface area contributed by atoms with Crippen LogP contribution in [-0.2, 0) is 11.2 Å². The first-order valence-corrected chi connectivity index (χ1v) is 10.5. The summed E-state index contributed by atoms with van der Waals surface area (Å²) in [5.41, 5.74) is 2.57. The van der Waals surface area contributed by atoms with Gasteiger partial charge in [0.15, 0.2) is 0 Å². The molecule has 1 amide bonds. The lowest BCUT2D eigenvalue weighted by Crippen LogP contribution is -2.30. The van der Waals surface area contributed by atoms with Gasteiger partial charge in [-0.25, -0.2) is 0 Å². The minimum atomic E-state index is 0.171. The van der Waals surface area contributed by atoms with Crippen LogP contribution >= 0.6 is 23.1 Å². The Morgan fingerprint density at radius 1 is 1.08 bits per heavy atom. The number of rotatable bonds is 5. The van der Waals surface area contributed by atoms with Crippen LogP contribution in [0.2, 0.25) is 0 Å². The number of benzene rings is 1. The third-order valence-corrected chi connectivity index (χ3v) is 6.99. The highest BCUT2D eigenvalue weighted by Crippen LogP contribution is 2.39. The first-order valence-electron chi connectivity index (χ1n) is 8.59. The number of amides is 1. The van der Waals surface area contributed by atoms with Crippen molar-refractivity contribution >= 4 is 34.7 Å². The van der Waals surface area contributed by atoms with Crippen molar-refractivity contribution in [3.05, 3.63) is 52.2 Å². The fourth-order valence-corrected chi connectivity index (χ4v) is 5.40. The number of hydrogen-bond acceptors (Lipinski definition) is 4. The molecule has 0 spiro atoms. The van der Waals surface area contributed by atoms with Crippen LogP contribution in [0.1, 0.15) is 28.7 Å². The van der Waals surface area contributed by atoms with E-state index in [1.165, 1.54) is 42.1 Å². The number of anilines is 1. The molecule has 4 rings (SSSR count). The molecule has 2 fully saturated rings. The van der Waals surface area contributed by atoms with Crippen LogP contribution in [0, 0.1) is 0 Å². The van der Waals surface area contributed by atoms with Gasteiger partial charge in [0.2, 0.25) is 5.91 Å². The van der Waals surface area contributed by atoms with Gasteiger partial charge in [-0.15, -0.1) is 23.1 Å². The van der Waals surface area contributed by atoms with Crippen LogP contribution in [0.3, 0.4) is 0 Å². The Morgan fingerprint density at radius 3 is 2.58 bits per heavy atom. The van der Waals surface area contributed by atoms with Gasteiger partial charge in [0.05, 0.1) is 5.75 Å². The number of carbonyl (C=O) groups is 1. The van der Waals surface area contributed by atoms with Gasteiger partial charge in [0, 0.05) is 30.2 Å². The second-order valence-electron chi connectivity index (χ2n) is 6.37. The third kappa shape index (κ3) is 3.33. The number of hydrogen-bond donors (Lipinski definition) is 0. The molecule has 2 saturated heterocycles. The highest BCUT2D eigenvalue weighted by atomic mass is 32.2. The van der Waals surface area contributed by atoms with Gasteiger partial charge >= 0.3 is 0 Å². The molecule has 0 aliphatic carbocycles. The Balaban J connectivity index is 1.45. The molecular weight excluding hydrogens is 336 g/mol. The molecule has 0 saturated carbocycles. The van der Waals surface area contributed by atoms with Crippen LogP contribution in [0.15, 0.2) is 41.8 Å². The molecule has 0 N–H and O–H groups in total. The maximum atomic E-state index is 12.3. The van der Waals surface area contributed by atoms with E-state index < -0.39 is 0 Å². The summed E-state index contributed by atoms with van der Waals surface area (Å²) in [5, 5.41) is 2.27. The zero-order valence-corrected chi connectivity index (χ0v) is 15.3. The van der Waals surface area contributed by atoms with Crippen LogP contribution < -0.4 is 4.90 Å². The van der Waals surface area contributed by atoms with Crippen molar-refractivity contribution in [1.82, 2.24) is 4.90 Å². The van der Waals surface area contributed by atoms with Crippen LogP contribution in [0.5, 0.6) is 0 Å². The van der Waals surface area contributed by atoms with E-state index >= 15 is 0 Å². The van der Waals surface area contributed by atoms with E-state index in [1.54, 1.807) is 23.1 Å². The predicted molar refractivity (Wildman–Crippen MR) is 103 cm³/mol. The Hall–Kier alpha value is -1.46. The van der Waals surface area contributed by atoms with E-state index in [0.29, 0.717) is 5.75 Å². The van der Waals surface area contributed by atoms with Gasteiger partial charge in [-0.3, -0.25) is 4.79 Å². The van der Waals surface area contributed by atoms with Crippen LogP contribution in [0.4, 0.5) is 5.69 Å². The minimum Gasteiger partial charge on any atom is -0.372 e. The predicted octanol–water partition coefficient (Wildman–Crippen LogP) is 4.17. The molecule has 1 atom stereocenters. The average molecular weight is 359 g/mol. The van der Waals surface area contributed by atoms with Gasteiger partial charge in [0.25, 0.3) is 0 Å². The molecule has 24 heavy (non-hydrogen) atoms. The van der Waals surface area contributed by atoms with E-state index in [4.69, 9.17) is 0 Å². The van der Waals surface area contributed by atoms with Gasteiger partial charge in [-0.05, 0) is 48.4 Å². The van der Waals surface area contributed by atoms with E-state index in [1.807, 2.05) is 0 Å². The number of nitrogens with zero attached hydrogens (tertiary/aromatic N) is 2. The van der Waals surface area contributed by atoms with Gasteiger partial charge < -0.3 is 9.80 Å². The third-order valence-electron chi connectivity index (χ3n) is 4.80. The van der Waals surface area contributed by atoms with Crippen LogP contribution in [-0.4, -0.2) is 36.2 Å². The molecule has 3 heterocycles. The lowest BCUT2D eigenvalue weighted by molar-refractivity contribution is -0.128. The Morgan fingerprint density at radius 2 is 1.88 bits per heavy atom. The molecule has 1 unspecified atom stereocenters.